The van der Waals surface area contributed by atoms with Crippen LogP contribution in [0.5, 0.6) is 0 Å². The average Bonchev–Trinajstić information content (AvgIpc) is 3.16. The third-order valence-electron chi connectivity index (χ3n) is 7.27. The molecule has 2 N–H and O–H groups in total. The lowest BCUT2D eigenvalue weighted by molar-refractivity contribution is -0.147. The fraction of sp³-hybridized carbons (Fsp3) is 0.464. The summed E-state index contributed by atoms with van der Waals surface area (Å²) < 4.78 is 5.66. The van der Waals surface area contributed by atoms with Crippen LogP contribution in [0.4, 0.5) is 4.79 Å². The van der Waals surface area contributed by atoms with Gasteiger partial charge in [-0.2, -0.15) is 0 Å². The minimum atomic E-state index is -0.801. The van der Waals surface area contributed by atoms with Crippen LogP contribution in [0.15, 0.2) is 48.5 Å². The molecule has 7 nitrogen and oxygen atoms in total. The molecule has 0 bridgehead atoms. The molecule has 1 fully saturated rings. The van der Waals surface area contributed by atoms with E-state index in [4.69, 9.17) is 4.74 Å². The molecule has 2 amide bonds. The average molecular weight is 479 g/mol. The third kappa shape index (κ3) is 5.50. The summed E-state index contributed by atoms with van der Waals surface area (Å²) in [5.74, 6) is -1.28. The Bertz CT molecular complexity index is 1040. The molecular weight excluding hydrogens is 444 g/mol. The van der Waals surface area contributed by atoms with E-state index in [0.717, 1.165) is 17.5 Å². The number of hydrogen-bond donors (Lipinski definition) is 2. The van der Waals surface area contributed by atoms with Crippen molar-refractivity contribution in [2.45, 2.75) is 64.0 Å². The number of carboxylic acids is 1. The van der Waals surface area contributed by atoms with Gasteiger partial charge in [0, 0.05) is 31.0 Å². The zero-order chi connectivity index (χ0) is 24.9. The van der Waals surface area contributed by atoms with Crippen LogP contribution in [0.1, 0.15) is 63.0 Å². The molecule has 1 heterocycles. The van der Waals surface area contributed by atoms with Crippen molar-refractivity contribution in [3.8, 4) is 11.1 Å². The van der Waals surface area contributed by atoms with Gasteiger partial charge in [0.05, 0.1) is 5.92 Å². The fourth-order valence-corrected chi connectivity index (χ4v) is 5.48. The first-order chi connectivity index (χ1) is 16.9. The molecule has 1 aliphatic carbocycles. The van der Waals surface area contributed by atoms with Crippen LogP contribution in [0.2, 0.25) is 0 Å². The van der Waals surface area contributed by atoms with Crippen LogP contribution in [-0.2, 0) is 14.3 Å². The number of hydrogen-bond acceptors (Lipinski definition) is 4. The zero-order valence-corrected chi connectivity index (χ0v) is 20.4. The fourth-order valence-electron chi connectivity index (χ4n) is 5.48. The van der Waals surface area contributed by atoms with Gasteiger partial charge in [0.25, 0.3) is 0 Å². The molecule has 0 spiro atoms. The van der Waals surface area contributed by atoms with Gasteiger partial charge < -0.3 is 20.1 Å². The smallest absolute Gasteiger partial charge is 0.407 e. The van der Waals surface area contributed by atoms with Crippen molar-refractivity contribution in [2.24, 2.45) is 5.92 Å². The SMILES string of the molecule is CCC[C@@H](CC(=O)N1CC[C@@H](C(=O)O)C[C@H]1C)NC(=O)OCC1c2ccccc2-c2ccccc21. The number of piperidine rings is 1. The Balaban J connectivity index is 1.34. The zero-order valence-electron chi connectivity index (χ0n) is 20.4. The Morgan fingerprint density at radius 2 is 1.71 bits per heavy atom. The number of benzene rings is 2. The molecule has 2 aromatic rings. The van der Waals surface area contributed by atoms with Gasteiger partial charge in [-0.3, -0.25) is 9.59 Å². The van der Waals surface area contributed by atoms with Gasteiger partial charge >= 0.3 is 12.1 Å². The van der Waals surface area contributed by atoms with Crippen LogP contribution < -0.4 is 5.32 Å². The summed E-state index contributed by atoms with van der Waals surface area (Å²) in [4.78, 5) is 38.7. The Hall–Kier alpha value is -3.35. The molecule has 2 aliphatic rings. The topological polar surface area (TPSA) is 95.9 Å². The maximum absolute atomic E-state index is 13.0. The Labute approximate surface area is 206 Å². The van der Waals surface area contributed by atoms with Gasteiger partial charge in [-0.1, -0.05) is 61.9 Å². The Morgan fingerprint density at radius 3 is 2.29 bits per heavy atom. The van der Waals surface area contributed by atoms with E-state index in [-0.39, 0.29) is 36.9 Å². The molecule has 4 rings (SSSR count). The quantitative estimate of drug-likeness (QED) is 0.568. The van der Waals surface area contributed by atoms with E-state index >= 15 is 0 Å². The number of nitrogens with one attached hydrogen (secondary N) is 1. The van der Waals surface area contributed by atoms with E-state index in [0.29, 0.717) is 25.8 Å². The summed E-state index contributed by atoms with van der Waals surface area (Å²) in [5, 5.41) is 12.2. The van der Waals surface area contributed by atoms with Gasteiger partial charge in [0.1, 0.15) is 6.61 Å². The summed E-state index contributed by atoms with van der Waals surface area (Å²) in [7, 11) is 0. The minimum absolute atomic E-state index is 0.0178. The van der Waals surface area contributed by atoms with Crippen LogP contribution in [0.25, 0.3) is 11.1 Å². The molecule has 0 saturated carbocycles. The maximum Gasteiger partial charge on any atom is 0.407 e. The minimum Gasteiger partial charge on any atom is -0.481 e. The highest BCUT2D eigenvalue weighted by Crippen LogP contribution is 2.44. The second kappa shape index (κ2) is 10.9. The van der Waals surface area contributed by atoms with Gasteiger partial charge in [0.2, 0.25) is 5.91 Å². The van der Waals surface area contributed by atoms with Crippen LogP contribution in [-0.4, -0.2) is 53.2 Å². The molecule has 0 aromatic heterocycles. The van der Waals surface area contributed by atoms with Crippen molar-refractivity contribution in [3.63, 3.8) is 0 Å². The first kappa shape index (κ1) is 24.8. The monoisotopic (exact) mass is 478 g/mol. The van der Waals surface area contributed by atoms with Crippen molar-refractivity contribution < 1.29 is 24.2 Å². The van der Waals surface area contributed by atoms with Crippen molar-refractivity contribution in [1.29, 1.82) is 0 Å². The molecule has 1 saturated heterocycles. The van der Waals surface area contributed by atoms with Crippen molar-refractivity contribution in [2.75, 3.05) is 13.2 Å². The number of carboxylic acid groups (broad SMARTS) is 1. The highest BCUT2D eigenvalue weighted by atomic mass is 16.5. The highest BCUT2D eigenvalue weighted by Gasteiger charge is 2.33. The van der Waals surface area contributed by atoms with Gasteiger partial charge in [-0.15, -0.1) is 0 Å². The maximum atomic E-state index is 13.0. The molecule has 0 radical (unpaired) electrons. The molecule has 186 valence electrons. The second-order valence-electron chi connectivity index (χ2n) is 9.66. The summed E-state index contributed by atoms with van der Waals surface area (Å²) >= 11 is 0. The predicted octanol–water partition coefficient (Wildman–Crippen LogP) is 4.80. The second-order valence-corrected chi connectivity index (χ2v) is 9.66. The van der Waals surface area contributed by atoms with Gasteiger partial charge in [-0.05, 0) is 48.4 Å². The Kier molecular flexibility index (Phi) is 7.73. The number of ether oxygens (including phenoxy) is 1. The first-order valence-corrected chi connectivity index (χ1v) is 12.5. The lowest BCUT2D eigenvalue weighted by Crippen LogP contribution is -2.48. The van der Waals surface area contributed by atoms with E-state index in [9.17, 15) is 19.5 Å². The lowest BCUT2D eigenvalue weighted by Gasteiger charge is -2.37. The molecule has 2 aromatic carbocycles. The van der Waals surface area contributed by atoms with E-state index in [1.54, 1.807) is 4.90 Å². The molecular formula is C28H34N2O5. The summed E-state index contributed by atoms with van der Waals surface area (Å²) in [5.41, 5.74) is 4.65. The summed E-state index contributed by atoms with van der Waals surface area (Å²) in [6.45, 7) is 4.56. The first-order valence-electron chi connectivity index (χ1n) is 12.5. The predicted molar refractivity (Wildman–Crippen MR) is 133 cm³/mol. The normalized spacial score (nSPS) is 20.0. The highest BCUT2D eigenvalue weighted by molar-refractivity contribution is 5.80. The number of fused-ring (bicyclic) bond motifs is 3. The molecule has 1 aliphatic heterocycles. The third-order valence-corrected chi connectivity index (χ3v) is 7.27. The van der Waals surface area contributed by atoms with Crippen LogP contribution in [0.3, 0.4) is 0 Å². The number of carbonyl (C=O) groups is 3. The van der Waals surface area contributed by atoms with Crippen molar-refractivity contribution >= 4 is 18.0 Å². The van der Waals surface area contributed by atoms with Crippen molar-refractivity contribution in [3.05, 3.63) is 59.7 Å². The number of amides is 2. The molecule has 35 heavy (non-hydrogen) atoms. The number of nitrogens with zero attached hydrogens (tertiary/aromatic N) is 1. The number of alkyl carbamates (subject to hydrolysis) is 1. The number of carbonyl (C=O) groups excluding carboxylic acids is 2. The van der Waals surface area contributed by atoms with Crippen LogP contribution >= 0.6 is 0 Å². The molecule has 0 unspecified atom stereocenters. The number of likely N-dealkylation sites (tertiary alicyclic amines) is 1. The van der Waals surface area contributed by atoms with E-state index in [1.165, 1.54) is 11.1 Å². The lowest BCUT2D eigenvalue weighted by atomic mass is 9.91. The summed E-state index contributed by atoms with van der Waals surface area (Å²) in [6.07, 6.45) is 2.06. The standard InChI is InChI=1S/C28H34N2O5/c1-3-8-20(16-26(31)30-14-13-19(27(32)33)15-18(30)2)29-28(34)35-17-25-23-11-6-4-9-21(23)22-10-5-7-12-24(22)25/h4-7,9-12,18-20,25H,3,8,13-17H2,1-2H3,(H,29,34)(H,32,33)/t18-,19-,20+/m1/s1. The number of rotatable bonds is 8. The van der Waals surface area contributed by atoms with E-state index in [1.807, 2.05) is 38.1 Å². The van der Waals surface area contributed by atoms with Gasteiger partial charge in [0.15, 0.2) is 0 Å². The van der Waals surface area contributed by atoms with Crippen LogP contribution in [0, 0.1) is 5.92 Å². The van der Waals surface area contributed by atoms with E-state index in [2.05, 4.69) is 29.6 Å². The summed E-state index contributed by atoms with van der Waals surface area (Å²) in [6, 6.07) is 15.9. The molecule has 3 atom stereocenters. The Morgan fingerprint density at radius 1 is 1.09 bits per heavy atom. The largest absolute Gasteiger partial charge is 0.481 e. The molecule has 7 heteroatoms. The van der Waals surface area contributed by atoms with Crippen molar-refractivity contribution in [1.82, 2.24) is 10.2 Å². The number of aliphatic carboxylic acids is 1. The van der Waals surface area contributed by atoms with Gasteiger partial charge in [-0.25, -0.2) is 4.79 Å². The van der Waals surface area contributed by atoms with E-state index < -0.39 is 18.0 Å².